The van der Waals surface area contributed by atoms with Gasteiger partial charge in [-0.1, -0.05) is 6.92 Å². The van der Waals surface area contributed by atoms with Crippen LogP contribution in [-0.4, -0.2) is 45.1 Å². The topological polar surface area (TPSA) is 51.1 Å². The summed E-state index contributed by atoms with van der Waals surface area (Å²) in [5.41, 5.74) is 0.384. The average molecular weight is 302 g/mol. The van der Waals surface area contributed by atoms with E-state index >= 15 is 0 Å². The normalized spacial score (nSPS) is 28.2. The van der Waals surface area contributed by atoms with Crippen LogP contribution < -0.4 is 4.74 Å². The minimum absolute atomic E-state index is 0.120. The largest absolute Gasteiger partial charge is 0.461 e. The van der Waals surface area contributed by atoms with Gasteiger partial charge in [-0.05, 0) is 31.7 Å². The van der Waals surface area contributed by atoms with E-state index in [-0.39, 0.29) is 17.1 Å². The highest BCUT2D eigenvalue weighted by molar-refractivity contribution is 5.77. The number of pyridine rings is 1. The lowest BCUT2D eigenvalue weighted by atomic mass is 9.92. The molecule has 2 aliphatic heterocycles. The molecule has 116 valence electrons. The van der Waals surface area contributed by atoms with Gasteiger partial charge in [-0.3, -0.25) is 9.88 Å². The Kier molecular flexibility index (Phi) is 3.22. The highest BCUT2D eigenvalue weighted by atomic mass is 19.1. The molecule has 0 aliphatic carbocycles. The quantitative estimate of drug-likeness (QED) is 0.871. The van der Waals surface area contributed by atoms with Gasteiger partial charge >= 0.3 is 6.01 Å². The molecule has 0 aromatic carbocycles. The molecule has 0 radical (unpaired) electrons. The molecule has 6 heteroatoms. The predicted octanol–water partition coefficient (Wildman–Crippen LogP) is 2.42. The Bertz CT molecular complexity index is 710. The third-order valence-electron chi connectivity index (χ3n) is 4.89. The van der Waals surface area contributed by atoms with E-state index in [0.29, 0.717) is 17.9 Å². The first kappa shape index (κ1) is 13.8. The van der Waals surface area contributed by atoms with Crippen LogP contribution in [0, 0.1) is 11.7 Å². The van der Waals surface area contributed by atoms with Gasteiger partial charge in [0.2, 0.25) is 0 Å². The molecule has 5 nitrogen and oxygen atoms in total. The molecule has 2 aliphatic rings. The van der Waals surface area contributed by atoms with Crippen molar-refractivity contribution >= 4 is 10.9 Å². The third kappa shape index (κ3) is 2.22. The Morgan fingerprint density at radius 1 is 1.41 bits per heavy atom. The number of fused-ring (bicyclic) bond motifs is 2. The molecule has 0 bridgehead atoms. The van der Waals surface area contributed by atoms with Crippen LogP contribution in [-0.2, 0) is 0 Å². The lowest BCUT2D eigenvalue weighted by Crippen LogP contribution is -2.43. The molecule has 2 fully saturated rings. The Morgan fingerprint density at radius 2 is 2.32 bits per heavy atom. The van der Waals surface area contributed by atoms with Crippen molar-refractivity contribution in [3.63, 3.8) is 0 Å². The predicted molar refractivity (Wildman–Crippen MR) is 80.1 cm³/mol. The van der Waals surface area contributed by atoms with Crippen molar-refractivity contribution in [1.82, 2.24) is 19.9 Å². The number of hydrogen-bond donors (Lipinski definition) is 0. The average Bonchev–Trinajstić information content (AvgIpc) is 3.01. The summed E-state index contributed by atoms with van der Waals surface area (Å²) in [6.07, 6.45) is 7.81. The summed E-state index contributed by atoms with van der Waals surface area (Å²) in [7, 11) is 0. The molecule has 2 unspecified atom stereocenters. The molecule has 2 aromatic heterocycles. The van der Waals surface area contributed by atoms with Gasteiger partial charge in [0.1, 0.15) is 12.1 Å². The van der Waals surface area contributed by atoms with Crippen molar-refractivity contribution in [3.8, 4) is 6.01 Å². The number of ether oxygens (including phenoxy) is 1. The zero-order valence-electron chi connectivity index (χ0n) is 12.6. The number of aromatic nitrogens is 3. The zero-order chi connectivity index (χ0) is 15.2. The van der Waals surface area contributed by atoms with Gasteiger partial charge in [0.15, 0.2) is 5.82 Å². The fourth-order valence-corrected chi connectivity index (χ4v) is 4.00. The second kappa shape index (κ2) is 5.12. The number of halogens is 1. The molecule has 4 heterocycles. The summed E-state index contributed by atoms with van der Waals surface area (Å²) in [5.74, 6) is 0.254. The Balaban J connectivity index is 1.55. The number of hydrogen-bond acceptors (Lipinski definition) is 5. The van der Waals surface area contributed by atoms with Gasteiger partial charge in [-0.15, -0.1) is 0 Å². The fourth-order valence-electron chi connectivity index (χ4n) is 4.00. The molecule has 4 rings (SSSR count). The summed E-state index contributed by atoms with van der Waals surface area (Å²) in [6, 6.07) is 0.248. The fraction of sp³-hybridized carbons (Fsp3) is 0.562. The van der Waals surface area contributed by atoms with Crippen molar-refractivity contribution in [2.24, 2.45) is 5.92 Å². The van der Waals surface area contributed by atoms with Crippen molar-refractivity contribution < 1.29 is 9.13 Å². The molecule has 0 amide bonds. The molecule has 2 saturated heterocycles. The lowest BCUT2D eigenvalue weighted by Gasteiger charge is -2.31. The van der Waals surface area contributed by atoms with Crippen LogP contribution >= 0.6 is 0 Å². The van der Waals surface area contributed by atoms with E-state index in [9.17, 15) is 4.39 Å². The van der Waals surface area contributed by atoms with Crippen LogP contribution in [0.15, 0.2) is 18.6 Å². The highest BCUT2D eigenvalue weighted by Crippen LogP contribution is 2.41. The second-order valence-electron chi connectivity index (χ2n) is 6.58. The van der Waals surface area contributed by atoms with Gasteiger partial charge in [-0.25, -0.2) is 9.37 Å². The Labute approximate surface area is 128 Å². The standard InChI is InChI=1S/C16H19FN4O/c1-11-5-16(3-2-4-21(16)9-11)10-22-15-19-7-12-6-18-8-13(17)14(12)20-15/h6-8,11H,2-5,9-10H2,1H3. The van der Waals surface area contributed by atoms with E-state index in [1.54, 1.807) is 12.4 Å². The summed E-state index contributed by atoms with van der Waals surface area (Å²) in [4.78, 5) is 14.7. The Morgan fingerprint density at radius 3 is 3.23 bits per heavy atom. The van der Waals surface area contributed by atoms with E-state index in [1.165, 1.54) is 6.42 Å². The van der Waals surface area contributed by atoms with Gasteiger partial charge in [0.05, 0.1) is 11.7 Å². The summed E-state index contributed by atoms with van der Waals surface area (Å²) >= 11 is 0. The van der Waals surface area contributed by atoms with Crippen molar-refractivity contribution in [3.05, 3.63) is 24.4 Å². The van der Waals surface area contributed by atoms with Gasteiger partial charge < -0.3 is 4.74 Å². The van der Waals surface area contributed by atoms with Crippen molar-refractivity contribution in [2.75, 3.05) is 19.7 Å². The maximum atomic E-state index is 13.8. The molecular formula is C16H19FN4O. The highest BCUT2D eigenvalue weighted by Gasteiger charge is 2.47. The van der Waals surface area contributed by atoms with Gasteiger partial charge in [-0.2, -0.15) is 4.98 Å². The van der Waals surface area contributed by atoms with Crippen molar-refractivity contribution in [1.29, 1.82) is 0 Å². The molecular weight excluding hydrogens is 283 g/mol. The van der Waals surface area contributed by atoms with E-state index in [2.05, 4.69) is 26.8 Å². The van der Waals surface area contributed by atoms with Crippen LogP contribution in [0.2, 0.25) is 0 Å². The minimum Gasteiger partial charge on any atom is -0.461 e. The van der Waals surface area contributed by atoms with Crippen LogP contribution in [0.4, 0.5) is 4.39 Å². The zero-order valence-corrected chi connectivity index (χ0v) is 12.6. The third-order valence-corrected chi connectivity index (χ3v) is 4.89. The van der Waals surface area contributed by atoms with Gasteiger partial charge in [0.25, 0.3) is 0 Å². The number of nitrogens with zero attached hydrogens (tertiary/aromatic N) is 4. The van der Waals surface area contributed by atoms with Crippen LogP contribution in [0.3, 0.4) is 0 Å². The maximum Gasteiger partial charge on any atom is 0.317 e. The first-order valence-electron chi connectivity index (χ1n) is 7.80. The van der Waals surface area contributed by atoms with Crippen LogP contribution in [0.25, 0.3) is 10.9 Å². The molecule has 2 atom stereocenters. The minimum atomic E-state index is -0.445. The van der Waals surface area contributed by atoms with Gasteiger partial charge in [0, 0.05) is 24.3 Å². The van der Waals surface area contributed by atoms with Crippen LogP contribution in [0.5, 0.6) is 6.01 Å². The SMILES string of the molecule is CC1CN2CCCC2(COc2ncc3cncc(F)c3n2)C1. The monoisotopic (exact) mass is 302 g/mol. The first-order chi connectivity index (χ1) is 10.7. The van der Waals surface area contributed by atoms with E-state index in [4.69, 9.17) is 4.74 Å². The van der Waals surface area contributed by atoms with E-state index in [0.717, 1.165) is 32.1 Å². The van der Waals surface area contributed by atoms with Crippen molar-refractivity contribution in [2.45, 2.75) is 31.7 Å². The lowest BCUT2D eigenvalue weighted by molar-refractivity contribution is 0.107. The summed E-state index contributed by atoms with van der Waals surface area (Å²) < 4.78 is 19.6. The summed E-state index contributed by atoms with van der Waals surface area (Å²) in [6.45, 7) is 5.15. The first-order valence-corrected chi connectivity index (χ1v) is 7.80. The molecule has 2 aromatic rings. The molecule has 0 spiro atoms. The molecule has 22 heavy (non-hydrogen) atoms. The van der Waals surface area contributed by atoms with E-state index < -0.39 is 5.82 Å². The molecule has 0 saturated carbocycles. The second-order valence-corrected chi connectivity index (χ2v) is 6.58. The van der Waals surface area contributed by atoms with Crippen LogP contribution in [0.1, 0.15) is 26.2 Å². The smallest absolute Gasteiger partial charge is 0.317 e. The van der Waals surface area contributed by atoms with E-state index in [1.807, 2.05) is 0 Å². The Hall–Kier alpha value is -1.82. The number of rotatable bonds is 3. The maximum absolute atomic E-state index is 13.8. The molecule has 0 N–H and O–H groups in total. The summed E-state index contributed by atoms with van der Waals surface area (Å²) in [5, 5.41) is 0.586.